The smallest absolute Gasteiger partial charge is 0.290 e. The minimum Gasteiger partial charge on any atom is -0.290 e. The van der Waals surface area contributed by atoms with Crippen molar-refractivity contribution in [3.8, 4) is 0 Å². The Morgan fingerprint density at radius 2 is 1.18 bits per heavy atom. The van der Waals surface area contributed by atoms with E-state index in [-0.39, 0.29) is 11.8 Å². The van der Waals surface area contributed by atoms with Crippen molar-refractivity contribution in [1.82, 2.24) is 0 Å². The average Bonchev–Trinajstić information content (AvgIpc) is 2.43. The molecule has 2 fully saturated rings. The Balaban J connectivity index is 0.000000249. The molecule has 0 saturated heterocycles. The lowest BCUT2D eigenvalue weighted by Gasteiger charge is -2.20. The second-order valence-electron chi connectivity index (χ2n) is 4.00. The monoisotopic (exact) mass is 264 g/mol. The van der Waals surface area contributed by atoms with Crippen LogP contribution in [0.15, 0.2) is 0 Å². The predicted molar refractivity (Wildman–Crippen MR) is 54.6 cm³/mol. The molecule has 17 heavy (non-hydrogen) atoms. The molecule has 2 N–H and O–H groups in total. The molecule has 0 spiro atoms. The predicted octanol–water partition coefficient (Wildman–Crippen LogP) is -0.139. The van der Waals surface area contributed by atoms with Crippen LogP contribution in [-0.4, -0.2) is 34.9 Å². The van der Waals surface area contributed by atoms with Gasteiger partial charge in [0.1, 0.15) is 0 Å². The summed E-state index contributed by atoms with van der Waals surface area (Å²) in [7, 11) is -4.67. The summed E-state index contributed by atoms with van der Waals surface area (Å²) in [6.45, 7) is 0. The van der Waals surface area contributed by atoms with Crippen LogP contribution in [0.4, 0.5) is 0 Å². The van der Waals surface area contributed by atoms with Crippen LogP contribution in [-0.2, 0) is 24.8 Å². The van der Waals surface area contributed by atoms with Gasteiger partial charge in [-0.25, -0.2) is 0 Å². The van der Waals surface area contributed by atoms with E-state index in [9.17, 15) is 14.4 Å². The zero-order chi connectivity index (χ0) is 13.2. The molecule has 2 rings (SSSR count). The van der Waals surface area contributed by atoms with Crippen LogP contribution in [0, 0.1) is 11.8 Å². The van der Waals surface area contributed by atoms with Gasteiger partial charge in [-0.15, -0.1) is 0 Å². The Kier molecular flexibility index (Phi) is 4.12. The van der Waals surface area contributed by atoms with Crippen molar-refractivity contribution >= 4 is 27.7 Å². The van der Waals surface area contributed by atoms with Crippen LogP contribution in [0.25, 0.3) is 0 Å². The zero-order valence-corrected chi connectivity index (χ0v) is 9.64. The molecule has 0 aliphatic heterocycles. The van der Waals surface area contributed by atoms with Crippen LogP contribution in [0.2, 0.25) is 0 Å². The first-order chi connectivity index (χ1) is 7.72. The highest BCUT2D eigenvalue weighted by atomic mass is 32.3. The summed E-state index contributed by atoms with van der Waals surface area (Å²) in [5.41, 5.74) is 0. The summed E-state index contributed by atoms with van der Waals surface area (Å²) in [6.07, 6.45) is 3.43. The highest BCUT2D eigenvalue weighted by molar-refractivity contribution is 7.79. The molecule has 96 valence electrons. The third-order valence-electron chi connectivity index (χ3n) is 2.89. The number of hydrogen-bond acceptors (Lipinski definition) is 5. The maximum atomic E-state index is 11.2. The van der Waals surface area contributed by atoms with Crippen molar-refractivity contribution in [2.75, 3.05) is 0 Å². The van der Waals surface area contributed by atoms with E-state index >= 15 is 0 Å². The zero-order valence-electron chi connectivity index (χ0n) is 8.83. The Bertz CT molecular complexity index is 416. The first-order valence-corrected chi connectivity index (χ1v) is 6.43. The Hall–Kier alpha value is -1.12. The van der Waals surface area contributed by atoms with Gasteiger partial charge in [0.2, 0.25) is 11.6 Å². The quantitative estimate of drug-likeness (QED) is 0.460. The number of fused-ring (bicyclic) bond motifs is 1. The van der Waals surface area contributed by atoms with Crippen LogP contribution >= 0.6 is 0 Å². The summed E-state index contributed by atoms with van der Waals surface area (Å²) in [6, 6.07) is 0. The summed E-state index contributed by atoms with van der Waals surface area (Å²) in [5.74, 6) is -2.10. The molecular formula is C9H12O7S. The molecule has 2 unspecified atom stereocenters. The van der Waals surface area contributed by atoms with Gasteiger partial charge in [-0.1, -0.05) is 12.8 Å². The number of carbonyl (C=O) groups excluding carboxylic acids is 3. The molecule has 2 aliphatic carbocycles. The minimum absolute atomic E-state index is 0.251. The molecule has 0 aromatic carbocycles. The van der Waals surface area contributed by atoms with Gasteiger partial charge in [-0.05, 0) is 12.8 Å². The van der Waals surface area contributed by atoms with E-state index in [2.05, 4.69) is 0 Å². The molecule has 8 heteroatoms. The molecule has 2 saturated carbocycles. The lowest BCUT2D eigenvalue weighted by molar-refractivity contribution is -0.141. The Morgan fingerprint density at radius 1 is 0.882 bits per heavy atom. The Labute approximate surface area is 97.8 Å². The molecular weight excluding hydrogens is 252 g/mol. The number of rotatable bonds is 0. The van der Waals surface area contributed by atoms with Crippen molar-refractivity contribution in [2.24, 2.45) is 11.8 Å². The molecule has 7 nitrogen and oxygen atoms in total. The molecule has 0 aromatic rings. The average molecular weight is 264 g/mol. The van der Waals surface area contributed by atoms with E-state index in [4.69, 9.17) is 17.5 Å². The van der Waals surface area contributed by atoms with E-state index in [0.29, 0.717) is 0 Å². The van der Waals surface area contributed by atoms with Crippen LogP contribution in [0.5, 0.6) is 0 Å². The standard InChI is InChI=1S/C9H10O3.H2O4S/c10-7-5-3-1-2-4-6(5)8(11)9(7)12;1-5(2,3)4/h5-6H,1-4H2;(H2,1,2,3,4). The van der Waals surface area contributed by atoms with Gasteiger partial charge in [0.05, 0.1) is 0 Å². The van der Waals surface area contributed by atoms with Crippen LogP contribution < -0.4 is 0 Å². The lowest BCUT2D eigenvalue weighted by Crippen LogP contribution is -2.21. The van der Waals surface area contributed by atoms with Gasteiger partial charge in [-0.2, -0.15) is 8.42 Å². The first kappa shape index (κ1) is 13.9. The molecule has 0 amide bonds. The lowest BCUT2D eigenvalue weighted by atomic mass is 9.81. The second kappa shape index (κ2) is 5.03. The van der Waals surface area contributed by atoms with Crippen molar-refractivity contribution in [3.05, 3.63) is 0 Å². The number of Topliss-reactive ketones (excluding diaryl/α,β-unsaturated/α-hetero) is 3. The fourth-order valence-electron chi connectivity index (χ4n) is 2.22. The van der Waals surface area contributed by atoms with Crippen molar-refractivity contribution < 1.29 is 31.9 Å². The summed E-state index contributed by atoms with van der Waals surface area (Å²) in [4.78, 5) is 33.3. The largest absolute Gasteiger partial charge is 0.394 e. The maximum absolute atomic E-state index is 11.2. The molecule has 0 aromatic heterocycles. The summed E-state index contributed by atoms with van der Waals surface area (Å²) < 4.78 is 31.6. The van der Waals surface area contributed by atoms with Gasteiger partial charge in [0, 0.05) is 11.8 Å². The molecule has 2 aliphatic rings. The number of carbonyl (C=O) groups is 3. The van der Waals surface area contributed by atoms with E-state index < -0.39 is 27.7 Å². The summed E-state index contributed by atoms with van der Waals surface area (Å²) >= 11 is 0. The van der Waals surface area contributed by atoms with Gasteiger partial charge in [0.15, 0.2) is 0 Å². The van der Waals surface area contributed by atoms with Gasteiger partial charge in [0.25, 0.3) is 5.78 Å². The van der Waals surface area contributed by atoms with E-state index in [1.807, 2.05) is 0 Å². The normalized spacial score (nSPS) is 28.5. The van der Waals surface area contributed by atoms with E-state index in [0.717, 1.165) is 25.7 Å². The maximum Gasteiger partial charge on any atom is 0.394 e. The van der Waals surface area contributed by atoms with E-state index in [1.165, 1.54) is 0 Å². The van der Waals surface area contributed by atoms with Gasteiger partial charge in [-0.3, -0.25) is 23.5 Å². The molecule has 0 heterocycles. The molecule has 2 atom stereocenters. The highest BCUT2D eigenvalue weighted by Gasteiger charge is 2.48. The van der Waals surface area contributed by atoms with Crippen molar-refractivity contribution in [1.29, 1.82) is 0 Å². The first-order valence-electron chi connectivity index (χ1n) is 5.04. The fraction of sp³-hybridized carbons (Fsp3) is 0.667. The van der Waals surface area contributed by atoms with Crippen LogP contribution in [0.3, 0.4) is 0 Å². The topological polar surface area (TPSA) is 126 Å². The third kappa shape index (κ3) is 3.69. The second-order valence-corrected chi connectivity index (χ2v) is 4.90. The van der Waals surface area contributed by atoms with Crippen molar-refractivity contribution in [3.63, 3.8) is 0 Å². The van der Waals surface area contributed by atoms with E-state index in [1.54, 1.807) is 0 Å². The number of hydrogen-bond donors (Lipinski definition) is 2. The molecule has 0 radical (unpaired) electrons. The summed E-state index contributed by atoms with van der Waals surface area (Å²) in [5, 5.41) is 0. The molecule has 0 bridgehead atoms. The van der Waals surface area contributed by atoms with Gasteiger partial charge >= 0.3 is 10.4 Å². The third-order valence-corrected chi connectivity index (χ3v) is 2.89. The highest BCUT2D eigenvalue weighted by Crippen LogP contribution is 2.36. The number of ketones is 3. The fourth-order valence-corrected chi connectivity index (χ4v) is 2.22. The minimum atomic E-state index is -4.67. The van der Waals surface area contributed by atoms with Gasteiger partial charge < -0.3 is 0 Å². The van der Waals surface area contributed by atoms with Crippen LogP contribution in [0.1, 0.15) is 25.7 Å². The Morgan fingerprint density at radius 3 is 1.47 bits per heavy atom. The SMILES string of the molecule is O=C1C(=O)C2CCCCC2C1=O.O=S(=O)(O)O. The van der Waals surface area contributed by atoms with Crippen molar-refractivity contribution in [2.45, 2.75) is 25.7 Å².